The van der Waals surface area contributed by atoms with Crippen molar-refractivity contribution in [3.8, 4) is 28.4 Å². The predicted molar refractivity (Wildman–Crippen MR) is 118 cm³/mol. The maximum atomic E-state index is 12.5. The van der Waals surface area contributed by atoms with Crippen LogP contribution >= 0.6 is 0 Å². The summed E-state index contributed by atoms with van der Waals surface area (Å²) in [5, 5.41) is 21.4. The quantitative estimate of drug-likeness (QED) is 0.605. The molecule has 0 saturated heterocycles. The number of esters is 1. The third kappa shape index (κ3) is 3.67. The molecule has 0 aromatic heterocycles. The fraction of sp³-hybridized carbons (Fsp3) is 0.423. The van der Waals surface area contributed by atoms with E-state index in [-0.39, 0.29) is 29.5 Å². The van der Waals surface area contributed by atoms with Gasteiger partial charge in [0.1, 0.15) is 11.9 Å². The Kier molecular flexibility index (Phi) is 5.12. The Morgan fingerprint density at radius 2 is 1.81 bits per heavy atom. The molecule has 2 saturated carbocycles. The van der Waals surface area contributed by atoms with Gasteiger partial charge in [-0.15, -0.1) is 0 Å². The van der Waals surface area contributed by atoms with Crippen LogP contribution in [0, 0.1) is 11.8 Å². The van der Waals surface area contributed by atoms with E-state index in [1.54, 1.807) is 24.3 Å². The Labute approximate surface area is 182 Å². The lowest BCUT2D eigenvalue weighted by atomic mass is 9.62. The Morgan fingerprint density at radius 1 is 0.968 bits per heavy atom. The minimum absolute atomic E-state index is 0.0929. The summed E-state index contributed by atoms with van der Waals surface area (Å²) in [5.41, 5.74) is 3.33. The van der Waals surface area contributed by atoms with Crippen LogP contribution in [0.5, 0.6) is 17.2 Å². The molecule has 2 aromatic carbocycles. The van der Waals surface area contributed by atoms with Crippen LogP contribution < -0.4 is 4.74 Å². The van der Waals surface area contributed by atoms with Crippen molar-refractivity contribution in [2.24, 2.45) is 11.8 Å². The van der Waals surface area contributed by atoms with Crippen molar-refractivity contribution in [3.63, 3.8) is 0 Å². The topological polar surface area (TPSA) is 76.0 Å². The first-order valence-corrected chi connectivity index (χ1v) is 11.2. The van der Waals surface area contributed by atoms with Gasteiger partial charge < -0.3 is 19.7 Å². The number of benzene rings is 2. The van der Waals surface area contributed by atoms with E-state index < -0.39 is 0 Å². The normalized spacial score (nSPS) is 27.2. The Balaban J connectivity index is 1.75. The van der Waals surface area contributed by atoms with Crippen molar-refractivity contribution in [1.82, 2.24) is 0 Å². The van der Waals surface area contributed by atoms with E-state index in [0.29, 0.717) is 23.1 Å². The maximum absolute atomic E-state index is 12.5. The largest absolute Gasteiger partial charge is 0.507 e. The van der Waals surface area contributed by atoms with Gasteiger partial charge in [0.2, 0.25) is 0 Å². The lowest BCUT2D eigenvalue weighted by molar-refractivity contribution is -0.146. The van der Waals surface area contributed by atoms with Gasteiger partial charge in [0.05, 0.1) is 7.11 Å². The van der Waals surface area contributed by atoms with Crippen LogP contribution in [0.3, 0.4) is 0 Å². The molecule has 5 rings (SSSR count). The average molecular weight is 421 g/mol. The summed E-state index contributed by atoms with van der Waals surface area (Å²) in [6.07, 6.45) is 9.34. The van der Waals surface area contributed by atoms with E-state index in [2.05, 4.69) is 0 Å². The van der Waals surface area contributed by atoms with Crippen molar-refractivity contribution in [2.45, 2.75) is 50.5 Å². The molecule has 31 heavy (non-hydrogen) atoms. The van der Waals surface area contributed by atoms with Gasteiger partial charge in [0.15, 0.2) is 11.5 Å². The van der Waals surface area contributed by atoms with Crippen LogP contribution in [0.15, 0.2) is 36.4 Å². The molecule has 2 aromatic rings. The monoisotopic (exact) mass is 420 g/mol. The van der Waals surface area contributed by atoms with E-state index in [9.17, 15) is 15.0 Å². The van der Waals surface area contributed by atoms with Crippen molar-refractivity contribution in [1.29, 1.82) is 0 Å². The number of ether oxygens (including phenoxy) is 2. The van der Waals surface area contributed by atoms with Crippen LogP contribution in [0.4, 0.5) is 0 Å². The van der Waals surface area contributed by atoms with Crippen LogP contribution in [0.2, 0.25) is 0 Å². The first-order chi connectivity index (χ1) is 15.0. The van der Waals surface area contributed by atoms with Crippen molar-refractivity contribution in [3.05, 3.63) is 47.5 Å². The van der Waals surface area contributed by atoms with Gasteiger partial charge in [0.25, 0.3) is 0 Å². The molecule has 5 nitrogen and oxygen atoms in total. The zero-order valence-electron chi connectivity index (χ0n) is 17.7. The van der Waals surface area contributed by atoms with E-state index >= 15 is 0 Å². The zero-order valence-corrected chi connectivity index (χ0v) is 17.7. The van der Waals surface area contributed by atoms with Gasteiger partial charge in [-0.1, -0.05) is 25.3 Å². The van der Waals surface area contributed by atoms with Gasteiger partial charge in [-0.2, -0.15) is 0 Å². The second-order valence-electron chi connectivity index (χ2n) is 9.07. The number of methoxy groups -OCH3 is 1. The first-order valence-electron chi connectivity index (χ1n) is 11.2. The zero-order chi connectivity index (χ0) is 21.5. The second kappa shape index (κ2) is 7.95. The number of aromatic hydroxyl groups is 2. The van der Waals surface area contributed by atoms with Gasteiger partial charge in [-0.3, -0.25) is 0 Å². The highest BCUT2D eigenvalue weighted by Crippen LogP contribution is 2.53. The van der Waals surface area contributed by atoms with E-state index in [0.717, 1.165) is 42.4 Å². The van der Waals surface area contributed by atoms with E-state index in [1.165, 1.54) is 26.0 Å². The molecule has 0 radical (unpaired) electrons. The second-order valence-corrected chi connectivity index (χ2v) is 9.07. The molecule has 2 N–H and O–H groups in total. The average Bonchev–Trinajstić information content (AvgIpc) is 2.77. The number of phenols is 2. The Hall–Kier alpha value is -2.95. The maximum Gasteiger partial charge on any atom is 0.331 e. The highest BCUT2D eigenvalue weighted by atomic mass is 16.5. The summed E-state index contributed by atoms with van der Waals surface area (Å²) in [7, 11) is 1.53. The molecule has 5 heteroatoms. The molecule has 0 spiro atoms. The standard InChI is InChI=1S/C26H28O5/c1-30-25-14-21-20(13-24(25)28)19-12-17(11-16-4-2-3-5-18(16)19)31-26(29)9-7-15-6-8-23(27)22(21)10-15/h6-10,13-14,16-19,27-28H,2-5,11-12H2,1H3. The third-order valence-electron chi connectivity index (χ3n) is 7.32. The molecule has 162 valence electrons. The number of carbonyl (C=O) groups excluding carboxylic acids is 1. The molecule has 2 fully saturated rings. The summed E-state index contributed by atoms with van der Waals surface area (Å²) >= 11 is 0. The summed E-state index contributed by atoms with van der Waals surface area (Å²) in [6, 6.07) is 8.90. The number of rotatable bonds is 1. The number of fused-ring (bicyclic) bond motifs is 9. The lowest BCUT2D eigenvalue weighted by Crippen LogP contribution is -2.38. The molecular formula is C26H28O5. The minimum Gasteiger partial charge on any atom is -0.507 e. The highest BCUT2D eigenvalue weighted by molar-refractivity contribution is 5.88. The summed E-state index contributed by atoms with van der Waals surface area (Å²) in [6.45, 7) is 0. The van der Waals surface area contributed by atoms with E-state index in [4.69, 9.17) is 9.47 Å². The molecular weight excluding hydrogens is 392 g/mol. The summed E-state index contributed by atoms with van der Waals surface area (Å²) in [5.74, 6) is 1.41. The lowest BCUT2D eigenvalue weighted by Gasteiger charge is -2.45. The van der Waals surface area contributed by atoms with Gasteiger partial charge in [0, 0.05) is 11.6 Å². The SMILES string of the molecule is COc1cc2c(cc1O)C1CC(CC3CCCCC31)OC(=O)C=Cc1ccc(O)c-2c1. The molecule has 1 aliphatic heterocycles. The number of hydrogen-bond acceptors (Lipinski definition) is 5. The van der Waals surface area contributed by atoms with Gasteiger partial charge >= 0.3 is 5.97 Å². The van der Waals surface area contributed by atoms with E-state index in [1.807, 2.05) is 12.1 Å². The van der Waals surface area contributed by atoms with Crippen LogP contribution in [-0.4, -0.2) is 29.4 Å². The predicted octanol–water partition coefficient (Wildman–Crippen LogP) is 5.40. The fourth-order valence-electron chi connectivity index (χ4n) is 5.93. The van der Waals surface area contributed by atoms with Gasteiger partial charge in [-0.05, 0) is 84.0 Å². The number of hydrogen-bond donors (Lipinski definition) is 2. The third-order valence-corrected chi connectivity index (χ3v) is 7.32. The fourth-order valence-corrected chi connectivity index (χ4v) is 5.93. The minimum atomic E-state index is -0.328. The van der Waals surface area contributed by atoms with Crippen molar-refractivity contribution >= 4 is 12.0 Å². The Morgan fingerprint density at radius 3 is 2.65 bits per heavy atom. The molecule has 2 aliphatic carbocycles. The van der Waals surface area contributed by atoms with Crippen LogP contribution in [0.1, 0.15) is 55.6 Å². The molecule has 4 atom stereocenters. The molecule has 3 aliphatic rings. The van der Waals surface area contributed by atoms with Crippen LogP contribution in [-0.2, 0) is 9.53 Å². The molecule has 4 bridgehead atoms. The number of carbonyl (C=O) groups is 1. The Bertz CT molecular complexity index is 1040. The highest BCUT2D eigenvalue weighted by Gasteiger charge is 2.42. The summed E-state index contributed by atoms with van der Waals surface area (Å²) < 4.78 is 11.3. The molecule has 1 heterocycles. The first kappa shape index (κ1) is 20.0. The van der Waals surface area contributed by atoms with Crippen molar-refractivity contribution in [2.75, 3.05) is 7.11 Å². The molecule has 4 unspecified atom stereocenters. The smallest absolute Gasteiger partial charge is 0.331 e. The van der Waals surface area contributed by atoms with Crippen LogP contribution in [0.25, 0.3) is 17.2 Å². The van der Waals surface area contributed by atoms with Crippen molar-refractivity contribution < 1.29 is 24.5 Å². The molecule has 0 amide bonds. The van der Waals surface area contributed by atoms with Gasteiger partial charge in [-0.25, -0.2) is 4.79 Å². The summed E-state index contributed by atoms with van der Waals surface area (Å²) in [4.78, 5) is 12.5. The number of phenolic OH excluding ortho intramolecular Hbond substituents is 2.